The summed E-state index contributed by atoms with van der Waals surface area (Å²) in [5.74, 6) is 0.436. The second kappa shape index (κ2) is 7.05. The molecule has 0 radical (unpaired) electrons. The van der Waals surface area contributed by atoms with Crippen LogP contribution < -0.4 is 0 Å². The summed E-state index contributed by atoms with van der Waals surface area (Å²) in [4.78, 5) is 0. The first kappa shape index (κ1) is 14.6. The number of benzene rings is 1. The summed E-state index contributed by atoms with van der Waals surface area (Å²) in [6.45, 7) is 8.35. The molecule has 1 rings (SSSR count). The van der Waals surface area contributed by atoms with Gasteiger partial charge >= 0.3 is 0 Å². The zero-order valence-electron chi connectivity index (χ0n) is 12.0. The van der Waals surface area contributed by atoms with Crippen molar-refractivity contribution >= 4 is 0 Å². The van der Waals surface area contributed by atoms with Gasteiger partial charge in [0.1, 0.15) is 5.75 Å². The molecular weight excluding hydrogens is 220 g/mol. The average molecular weight is 244 g/mol. The Morgan fingerprint density at radius 3 is 2.56 bits per heavy atom. The largest absolute Gasteiger partial charge is 0.507 e. The van der Waals surface area contributed by atoms with Gasteiger partial charge in [-0.1, -0.05) is 41.5 Å². The van der Waals surface area contributed by atoms with Crippen LogP contribution in [0.5, 0.6) is 5.75 Å². The summed E-state index contributed by atoms with van der Waals surface area (Å²) in [7, 11) is 0. The molecule has 1 N–H and O–H groups in total. The fourth-order valence-electron chi connectivity index (χ4n) is 1.86. The third-order valence-electron chi connectivity index (χ3n) is 3.08. The molecule has 0 aliphatic rings. The summed E-state index contributed by atoms with van der Waals surface area (Å²) in [6, 6.07) is 5.92. The molecule has 0 saturated heterocycles. The van der Waals surface area contributed by atoms with E-state index < -0.39 is 0 Å². The fraction of sp³-hybridized carbons (Fsp3) is 0.412. The van der Waals surface area contributed by atoms with Crippen LogP contribution in [0.4, 0.5) is 0 Å². The molecule has 0 aromatic heterocycles. The molecule has 98 valence electrons. The third-order valence-corrected chi connectivity index (χ3v) is 3.08. The van der Waals surface area contributed by atoms with Crippen LogP contribution >= 0.6 is 0 Å². The van der Waals surface area contributed by atoms with Gasteiger partial charge in [-0.2, -0.15) is 0 Å². The Morgan fingerprint density at radius 2 is 1.89 bits per heavy atom. The van der Waals surface area contributed by atoms with E-state index in [0.29, 0.717) is 5.75 Å². The fourth-order valence-corrected chi connectivity index (χ4v) is 1.86. The van der Waals surface area contributed by atoms with E-state index in [1.165, 1.54) is 11.1 Å². The van der Waals surface area contributed by atoms with E-state index in [2.05, 4.69) is 32.9 Å². The molecule has 1 heteroatoms. The van der Waals surface area contributed by atoms with E-state index in [1.807, 2.05) is 25.1 Å². The molecule has 0 amide bonds. The Hall–Kier alpha value is -1.50. The Bertz CT molecular complexity index is 449. The maximum absolute atomic E-state index is 9.92. The number of phenolic OH excluding ortho intramolecular Hbond substituents is 1. The van der Waals surface area contributed by atoms with Crippen molar-refractivity contribution in [1.29, 1.82) is 0 Å². The molecule has 18 heavy (non-hydrogen) atoms. The van der Waals surface area contributed by atoms with E-state index in [1.54, 1.807) is 0 Å². The molecule has 1 aromatic carbocycles. The summed E-state index contributed by atoms with van der Waals surface area (Å²) in [6.07, 6.45) is 7.49. The molecule has 0 atom stereocenters. The highest BCUT2D eigenvalue weighted by Crippen LogP contribution is 2.22. The van der Waals surface area contributed by atoms with Crippen LogP contribution in [0.15, 0.2) is 41.5 Å². The maximum Gasteiger partial charge on any atom is 0.121 e. The molecular formula is C17H24O. The molecule has 0 aliphatic carbocycles. The molecule has 0 unspecified atom stereocenters. The summed E-state index contributed by atoms with van der Waals surface area (Å²) in [5.41, 5.74) is 4.71. The van der Waals surface area contributed by atoms with Crippen molar-refractivity contribution < 1.29 is 5.11 Å². The summed E-state index contributed by atoms with van der Waals surface area (Å²) < 4.78 is 0. The number of allylic oxidation sites excluding steroid dienone is 4. The lowest BCUT2D eigenvalue weighted by Gasteiger charge is -2.05. The highest BCUT2D eigenvalue weighted by molar-refractivity contribution is 5.40. The van der Waals surface area contributed by atoms with Crippen LogP contribution in [-0.4, -0.2) is 5.11 Å². The molecule has 0 aliphatic heterocycles. The zero-order chi connectivity index (χ0) is 13.5. The average Bonchev–Trinajstić information content (AvgIpc) is 2.30. The molecule has 0 heterocycles. The lowest BCUT2D eigenvalue weighted by molar-refractivity contribution is 0.465. The predicted molar refractivity (Wildman–Crippen MR) is 79.0 cm³/mol. The van der Waals surface area contributed by atoms with Gasteiger partial charge in [-0.25, -0.2) is 0 Å². The number of hydrogen-bond acceptors (Lipinski definition) is 1. The zero-order valence-corrected chi connectivity index (χ0v) is 12.0. The third kappa shape index (κ3) is 4.79. The maximum atomic E-state index is 9.92. The Kier molecular flexibility index (Phi) is 5.70. The predicted octanol–water partition coefficient (Wildman–Crippen LogP) is 4.94. The quantitative estimate of drug-likeness (QED) is 0.728. The van der Waals surface area contributed by atoms with Crippen molar-refractivity contribution in [2.75, 3.05) is 0 Å². The van der Waals surface area contributed by atoms with Crippen molar-refractivity contribution in [3.8, 4) is 5.75 Å². The minimum Gasteiger partial charge on any atom is -0.507 e. The molecule has 1 aromatic rings. The Labute approximate surface area is 111 Å². The lowest BCUT2D eigenvalue weighted by Crippen LogP contribution is -1.87. The number of phenols is 1. The summed E-state index contributed by atoms with van der Waals surface area (Å²) in [5, 5.41) is 9.92. The topological polar surface area (TPSA) is 20.2 Å². The van der Waals surface area contributed by atoms with E-state index >= 15 is 0 Å². The van der Waals surface area contributed by atoms with E-state index in [-0.39, 0.29) is 0 Å². The number of rotatable bonds is 5. The van der Waals surface area contributed by atoms with Gasteiger partial charge < -0.3 is 5.11 Å². The summed E-state index contributed by atoms with van der Waals surface area (Å²) >= 11 is 0. The number of aryl methyl sites for hydroxylation is 1. The van der Waals surface area contributed by atoms with Crippen molar-refractivity contribution in [3.05, 3.63) is 52.6 Å². The number of aromatic hydroxyl groups is 1. The van der Waals surface area contributed by atoms with Gasteiger partial charge in [-0.3, -0.25) is 0 Å². The normalized spacial score (nSPS) is 11.4. The lowest BCUT2D eigenvalue weighted by atomic mass is 10.0. The van der Waals surface area contributed by atoms with Crippen molar-refractivity contribution in [2.45, 2.75) is 47.0 Å². The van der Waals surface area contributed by atoms with Gasteiger partial charge in [0.05, 0.1) is 0 Å². The van der Waals surface area contributed by atoms with Gasteiger partial charge in [0.15, 0.2) is 0 Å². The second-order valence-corrected chi connectivity index (χ2v) is 5.16. The number of hydrogen-bond donors (Lipinski definition) is 1. The van der Waals surface area contributed by atoms with Crippen LogP contribution in [0.25, 0.3) is 0 Å². The highest BCUT2D eigenvalue weighted by atomic mass is 16.3. The Morgan fingerprint density at radius 1 is 1.17 bits per heavy atom. The first-order valence-corrected chi connectivity index (χ1v) is 6.57. The monoisotopic (exact) mass is 244 g/mol. The van der Waals surface area contributed by atoms with E-state index in [9.17, 15) is 5.11 Å². The highest BCUT2D eigenvalue weighted by Gasteiger charge is 2.01. The first-order chi connectivity index (χ1) is 8.50. The van der Waals surface area contributed by atoms with Crippen LogP contribution in [-0.2, 0) is 6.42 Å². The van der Waals surface area contributed by atoms with Gasteiger partial charge in [0.2, 0.25) is 0 Å². The van der Waals surface area contributed by atoms with Crippen LogP contribution in [0.2, 0.25) is 0 Å². The number of para-hydroxylation sites is 1. The van der Waals surface area contributed by atoms with Crippen LogP contribution in [0.3, 0.4) is 0 Å². The molecule has 1 nitrogen and oxygen atoms in total. The van der Waals surface area contributed by atoms with Gasteiger partial charge in [-0.05, 0) is 58.1 Å². The van der Waals surface area contributed by atoms with Crippen molar-refractivity contribution in [2.24, 2.45) is 0 Å². The standard InChI is InChI=1S/C17H24O/c1-13(2)7-5-8-14(3)11-12-16-10-6-9-15(4)17(16)18/h6-7,9-11,18H,5,8,12H2,1-4H3/b14-11+. The second-order valence-electron chi connectivity index (χ2n) is 5.16. The molecule has 0 bridgehead atoms. The Balaban J connectivity index is 2.57. The van der Waals surface area contributed by atoms with E-state index in [4.69, 9.17) is 0 Å². The van der Waals surface area contributed by atoms with Gasteiger partial charge in [0, 0.05) is 0 Å². The van der Waals surface area contributed by atoms with Crippen molar-refractivity contribution in [3.63, 3.8) is 0 Å². The SMILES string of the molecule is CC(C)=CCC/C(C)=C/Cc1cccc(C)c1O. The van der Waals surface area contributed by atoms with Gasteiger partial charge in [-0.15, -0.1) is 0 Å². The molecule has 0 fully saturated rings. The molecule has 0 saturated carbocycles. The molecule has 0 spiro atoms. The minimum absolute atomic E-state index is 0.436. The smallest absolute Gasteiger partial charge is 0.121 e. The van der Waals surface area contributed by atoms with Crippen molar-refractivity contribution in [1.82, 2.24) is 0 Å². The van der Waals surface area contributed by atoms with Crippen LogP contribution in [0, 0.1) is 6.92 Å². The van der Waals surface area contributed by atoms with Gasteiger partial charge in [0.25, 0.3) is 0 Å². The first-order valence-electron chi connectivity index (χ1n) is 6.57. The van der Waals surface area contributed by atoms with E-state index in [0.717, 1.165) is 30.4 Å². The minimum atomic E-state index is 0.436. The van der Waals surface area contributed by atoms with Crippen LogP contribution in [0.1, 0.15) is 44.7 Å².